The van der Waals surface area contributed by atoms with E-state index in [1.165, 1.54) is 34.3 Å². The van der Waals surface area contributed by atoms with Gasteiger partial charge in [0.25, 0.3) is 5.69 Å². The molecular formula is C21H19ClN4O4S2. The van der Waals surface area contributed by atoms with Gasteiger partial charge in [-0.3, -0.25) is 10.1 Å². The van der Waals surface area contributed by atoms with Gasteiger partial charge in [0.2, 0.25) is 10.0 Å². The Morgan fingerprint density at radius 2 is 1.72 bits per heavy atom. The average Bonchev–Trinajstić information content (AvgIpc) is 2.80. The number of piperazine rings is 1. The largest absolute Gasteiger partial charge is 0.369 e. The summed E-state index contributed by atoms with van der Waals surface area (Å²) in [6.07, 6.45) is 1.64. The molecule has 0 saturated carbocycles. The molecule has 2 aromatic carbocycles. The molecule has 0 atom stereocenters. The second kappa shape index (κ2) is 9.45. The van der Waals surface area contributed by atoms with E-state index in [1.807, 2.05) is 11.0 Å². The summed E-state index contributed by atoms with van der Waals surface area (Å²) in [5.74, 6) is 0. The maximum atomic E-state index is 12.9. The van der Waals surface area contributed by atoms with Crippen molar-refractivity contribution in [3.8, 4) is 0 Å². The van der Waals surface area contributed by atoms with Crippen LogP contribution in [0.15, 0.2) is 81.7 Å². The van der Waals surface area contributed by atoms with Crippen LogP contribution < -0.4 is 4.90 Å². The molecule has 2 heterocycles. The van der Waals surface area contributed by atoms with Crippen LogP contribution in [-0.2, 0) is 10.0 Å². The highest BCUT2D eigenvalue weighted by Crippen LogP contribution is 2.37. The molecule has 166 valence electrons. The Balaban J connectivity index is 1.51. The van der Waals surface area contributed by atoms with Crippen molar-refractivity contribution in [2.24, 2.45) is 0 Å². The van der Waals surface area contributed by atoms with E-state index < -0.39 is 14.9 Å². The predicted octanol–water partition coefficient (Wildman–Crippen LogP) is 4.31. The third-order valence-corrected chi connectivity index (χ3v) is 8.21. The number of hydrogen-bond donors (Lipinski definition) is 0. The van der Waals surface area contributed by atoms with E-state index >= 15 is 0 Å². The van der Waals surface area contributed by atoms with Gasteiger partial charge in [0, 0.05) is 49.2 Å². The summed E-state index contributed by atoms with van der Waals surface area (Å²) in [4.78, 5) is 18.0. The molecule has 0 radical (unpaired) electrons. The lowest BCUT2D eigenvalue weighted by atomic mass is 10.2. The molecule has 1 saturated heterocycles. The van der Waals surface area contributed by atoms with Crippen molar-refractivity contribution < 1.29 is 13.3 Å². The molecule has 0 N–H and O–H groups in total. The Hall–Kier alpha value is -2.66. The van der Waals surface area contributed by atoms with Crippen molar-refractivity contribution in [1.82, 2.24) is 9.29 Å². The number of sulfonamides is 1. The van der Waals surface area contributed by atoms with Gasteiger partial charge in [-0.2, -0.15) is 4.31 Å². The van der Waals surface area contributed by atoms with Crippen molar-refractivity contribution in [3.05, 3.63) is 82.0 Å². The van der Waals surface area contributed by atoms with E-state index in [1.54, 1.807) is 42.6 Å². The van der Waals surface area contributed by atoms with Crippen LogP contribution in [0, 0.1) is 10.1 Å². The van der Waals surface area contributed by atoms with Crippen LogP contribution in [0.5, 0.6) is 0 Å². The number of anilines is 1. The highest BCUT2D eigenvalue weighted by molar-refractivity contribution is 7.99. The summed E-state index contributed by atoms with van der Waals surface area (Å²) in [6.45, 7) is 1.56. The van der Waals surface area contributed by atoms with Gasteiger partial charge in [0.1, 0.15) is 5.03 Å². The molecule has 1 aliphatic rings. The molecule has 0 bridgehead atoms. The van der Waals surface area contributed by atoms with Crippen LogP contribution in [0.4, 0.5) is 11.4 Å². The monoisotopic (exact) mass is 490 g/mol. The lowest BCUT2D eigenvalue weighted by molar-refractivity contribution is -0.387. The second-order valence-corrected chi connectivity index (χ2v) is 10.5. The van der Waals surface area contributed by atoms with Crippen molar-refractivity contribution in [2.75, 3.05) is 31.1 Å². The average molecular weight is 491 g/mol. The van der Waals surface area contributed by atoms with Crippen LogP contribution in [0.1, 0.15) is 0 Å². The lowest BCUT2D eigenvalue weighted by Gasteiger charge is -2.35. The first kappa shape index (κ1) is 22.5. The molecule has 0 unspecified atom stereocenters. The normalized spacial score (nSPS) is 15.0. The molecule has 0 spiro atoms. The highest BCUT2D eigenvalue weighted by Gasteiger charge is 2.29. The summed E-state index contributed by atoms with van der Waals surface area (Å²) in [6, 6.07) is 16.5. The van der Waals surface area contributed by atoms with E-state index in [-0.39, 0.29) is 10.6 Å². The van der Waals surface area contributed by atoms with E-state index in [4.69, 9.17) is 11.6 Å². The van der Waals surface area contributed by atoms with Crippen molar-refractivity contribution in [1.29, 1.82) is 0 Å². The number of hydrogen-bond acceptors (Lipinski definition) is 7. The SMILES string of the molecule is O=[N+]([O-])c1ccc(N2CCN(S(=O)(=O)c3ccc(Cl)cc3)CC2)cc1Sc1ccccn1. The van der Waals surface area contributed by atoms with Crippen molar-refractivity contribution >= 4 is 44.8 Å². The summed E-state index contributed by atoms with van der Waals surface area (Å²) in [5.41, 5.74) is 0.811. The van der Waals surface area contributed by atoms with Gasteiger partial charge in [0.05, 0.1) is 14.7 Å². The molecule has 1 fully saturated rings. The Bertz CT molecular complexity index is 1220. The molecular weight excluding hydrogens is 472 g/mol. The van der Waals surface area contributed by atoms with Crippen LogP contribution in [0.2, 0.25) is 5.02 Å². The zero-order valence-corrected chi connectivity index (χ0v) is 19.2. The number of nitro benzene ring substituents is 1. The smallest absolute Gasteiger partial charge is 0.283 e. The number of halogens is 1. The van der Waals surface area contributed by atoms with Gasteiger partial charge in [-0.15, -0.1) is 0 Å². The Morgan fingerprint density at radius 1 is 1.00 bits per heavy atom. The maximum Gasteiger partial charge on any atom is 0.283 e. The number of pyridine rings is 1. The molecule has 4 rings (SSSR count). The van der Waals surface area contributed by atoms with E-state index in [2.05, 4.69) is 4.98 Å². The van der Waals surface area contributed by atoms with Crippen LogP contribution in [0.25, 0.3) is 0 Å². The number of rotatable bonds is 6. The molecule has 32 heavy (non-hydrogen) atoms. The minimum atomic E-state index is -3.60. The van der Waals surface area contributed by atoms with Crippen LogP contribution in [-0.4, -0.2) is 48.8 Å². The number of nitro groups is 1. The van der Waals surface area contributed by atoms with Crippen molar-refractivity contribution in [3.63, 3.8) is 0 Å². The molecule has 0 aliphatic carbocycles. The topological polar surface area (TPSA) is 96.6 Å². The van der Waals surface area contributed by atoms with Crippen LogP contribution >= 0.6 is 23.4 Å². The number of aromatic nitrogens is 1. The summed E-state index contributed by atoms with van der Waals surface area (Å²) < 4.78 is 27.2. The van der Waals surface area contributed by atoms with Gasteiger partial charge in [-0.25, -0.2) is 13.4 Å². The first-order valence-corrected chi connectivity index (χ1v) is 12.4. The predicted molar refractivity (Wildman–Crippen MR) is 124 cm³/mol. The Kier molecular flexibility index (Phi) is 6.66. The zero-order valence-electron chi connectivity index (χ0n) is 16.8. The lowest BCUT2D eigenvalue weighted by Crippen LogP contribution is -2.48. The number of benzene rings is 2. The first-order chi connectivity index (χ1) is 15.3. The molecule has 3 aromatic rings. The van der Waals surface area contributed by atoms with Gasteiger partial charge in [-0.1, -0.05) is 29.4 Å². The molecule has 8 nitrogen and oxygen atoms in total. The van der Waals surface area contributed by atoms with Gasteiger partial charge in [0.15, 0.2) is 0 Å². The number of nitrogens with zero attached hydrogens (tertiary/aromatic N) is 4. The third-order valence-electron chi connectivity index (χ3n) is 5.05. The third kappa shape index (κ3) is 4.88. The summed E-state index contributed by atoms with van der Waals surface area (Å²) in [5, 5.41) is 12.6. The first-order valence-electron chi connectivity index (χ1n) is 9.72. The minimum absolute atomic E-state index is 0.00774. The fourth-order valence-corrected chi connectivity index (χ4v) is 5.85. The Labute approximate surface area is 195 Å². The van der Waals surface area contributed by atoms with Crippen LogP contribution in [0.3, 0.4) is 0 Å². The summed E-state index contributed by atoms with van der Waals surface area (Å²) >= 11 is 7.09. The van der Waals surface area contributed by atoms with Crippen molar-refractivity contribution in [2.45, 2.75) is 14.8 Å². The zero-order chi connectivity index (χ0) is 22.7. The van der Waals surface area contributed by atoms with E-state index in [0.717, 1.165) is 5.69 Å². The standard InChI is InChI=1S/C21H19ClN4O4S2/c22-16-4-7-18(8-5-16)32(29,30)25-13-11-24(12-14-25)17-6-9-19(26(27)28)20(15-17)31-21-3-1-2-10-23-21/h1-10,15H,11-14H2. The minimum Gasteiger partial charge on any atom is -0.369 e. The fourth-order valence-electron chi connectivity index (χ4n) is 3.39. The van der Waals surface area contributed by atoms with E-state index in [9.17, 15) is 18.5 Å². The maximum absolute atomic E-state index is 12.9. The molecule has 1 aliphatic heterocycles. The molecule has 1 aromatic heterocycles. The Morgan fingerprint density at radius 3 is 2.34 bits per heavy atom. The van der Waals surface area contributed by atoms with Gasteiger partial charge < -0.3 is 4.90 Å². The van der Waals surface area contributed by atoms with Gasteiger partial charge >= 0.3 is 0 Å². The molecule has 11 heteroatoms. The van der Waals surface area contributed by atoms with Gasteiger partial charge in [-0.05, 0) is 48.5 Å². The summed E-state index contributed by atoms with van der Waals surface area (Å²) in [7, 11) is -3.60. The molecule has 0 amide bonds. The fraction of sp³-hybridized carbons (Fsp3) is 0.190. The highest BCUT2D eigenvalue weighted by atomic mass is 35.5. The van der Waals surface area contributed by atoms with E-state index in [0.29, 0.717) is 41.1 Å². The quantitative estimate of drug-likeness (QED) is 0.375. The second-order valence-electron chi connectivity index (χ2n) is 7.02.